The van der Waals surface area contributed by atoms with E-state index in [1.807, 2.05) is 33.7 Å². The van der Waals surface area contributed by atoms with Crippen LogP contribution >= 0.6 is 15.9 Å². The lowest BCUT2D eigenvalue weighted by atomic mass is 10.0. The Morgan fingerprint density at radius 1 is 1.04 bits per heavy atom. The molecule has 0 saturated heterocycles. The van der Waals surface area contributed by atoms with Gasteiger partial charge in [0, 0.05) is 16.5 Å². The van der Waals surface area contributed by atoms with E-state index in [4.69, 9.17) is 0 Å². The standard InChI is InChI=1S/C21H21BrF3N2O/c22-17-10-8-15(9-11-17)20(28)14-26(19-7-2-1-3-12-27(19)20)18-6-4-5-16(13-18)21(23,24)25/h4-6,8-11,13,28H,1-3,7,12,14H2/q+1/t20-/m0/s1. The topological polar surface area (TPSA) is 26.5 Å². The maximum absolute atomic E-state index is 13.2. The number of rotatable bonds is 2. The van der Waals surface area contributed by atoms with Crippen LogP contribution in [0.5, 0.6) is 0 Å². The second-order valence-corrected chi connectivity index (χ2v) is 8.25. The summed E-state index contributed by atoms with van der Waals surface area (Å²) in [6.45, 7) is 0.878. The van der Waals surface area contributed by atoms with Gasteiger partial charge in [0.15, 0.2) is 6.54 Å². The molecule has 28 heavy (non-hydrogen) atoms. The summed E-state index contributed by atoms with van der Waals surface area (Å²) in [5.41, 5.74) is -0.742. The van der Waals surface area contributed by atoms with Crippen LogP contribution in [0.15, 0.2) is 53.0 Å². The van der Waals surface area contributed by atoms with E-state index in [9.17, 15) is 18.3 Å². The number of hydrogen-bond acceptors (Lipinski definition) is 2. The number of alkyl halides is 3. The van der Waals surface area contributed by atoms with Gasteiger partial charge >= 0.3 is 6.18 Å². The van der Waals surface area contributed by atoms with Crippen LogP contribution in [0.25, 0.3) is 0 Å². The van der Waals surface area contributed by atoms with Crippen molar-refractivity contribution < 1.29 is 22.9 Å². The zero-order chi connectivity index (χ0) is 19.9. The number of anilines is 1. The fourth-order valence-corrected chi connectivity index (χ4v) is 4.39. The second kappa shape index (κ2) is 7.19. The molecule has 2 aromatic rings. The van der Waals surface area contributed by atoms with Gasteiger partial charge in [-0.3, -0.25) is 0 Å². The predicted octanol–water partition coefficient (Wildman–Crippen LogP) is 5.12. The molecule has 2 aromatic carbocycles. The van der Waals surface area contributed by atoms with Gasteiger partial charge in [-0.2, -0.15) is 13.2 Å². The van der Waals surface area contributed by atoms with Gasteiger partial charge < -0.3 is 5.11 Å². The molecule has 1 N–H and O–H groups in total. The molecule has 0 unspecified atom stereocenters. The van der Waals surface area contributed by atoms with Crippen LogP contribution in [0, 0.1) is 0 Å². The van der Waals surface area contributed by atoms with E-state index < -0.39 is 17.5 Å². The van der Waals surface area contributed by atoms with E-state index in [-0.39, 0.29) is 6.54 Å². The lowest BCUT2D eigenvalue weighted by Gasteiger charge is -2.23. The van der Waals surface area contributed by atoms with Gasteiger partial charge in [-0.15, -0.1) is 0 Å². The van der Waals surface area contributed by atoms with Gasteiger partial charge in [0.05, 0.1) is 12.1 Å². The molecule has 0 amide bonds. The minimum absolute atomic E-state index is 0.200. The van der Waals surface area contributed by atoms with Crippen molar-refractivity contribution in [3.63, 3.8) is 0 Å². The summed E-state index contributed by atoms with van der Waals surface area (Å²) in [4.78, 5) is 1.85. The van der Waals surface area contributed by atoms with Crippen molar-refractivity contribution >= 4 is 27.5 Å². The molecule has 148 valence electrons. The first-order valence-corrected chi connectivity index (χ1v) is 10.1. The highest BCUT2D eigenvalue weighted by Gasteiger charge is 2.52. The molecule has 0 radical (unpaired) electrons. The first kappa shape index (κ1) is 19.5. The van der Waals surface area contributed by atoms with Crippen molar-refractivity contribution in [2.45, 2.75) is 37.6 Å². The largest absolute Gasteiger partial charge is 0.416 e. The predicted molar refractivity (Wildman–Crippen MR) is 105 cm³/mol. The number of benzene rings is 2. The van der Waals surface area contributed by atoms with Gasteiger partial charge in [0.25, 0.3) is 11.6 Å². The van der Waals surface area contributed by atoms with Gasteiger partial charge in [-0.05, 0) is 49.6 Å². The molecule has 2 heterocycles. The van der Waals surface area contributed by atoms with Crippen LogP contribution in [0.1, 0.15) is 36.8 Å². The summed E-state index contributed by atoms with van der Waals surface area (Å²) >= 11 is 3.41. The van der Waals surface area contributed by atoms with Crippen LogP contribution in [-0.2, 0) is 11.9 Å². The fraction of sp³-hybridized carbons (Fsp3) is 0.381. The van der Waals surface area contributed by atoms with E-state index in [1.54, 1.807) is 6.07 Å². The Labute approximate surface area is 170 Å². The van der Waals surface area contributed by atoms with Gasteiger partial charge in [-0.1, -0.05) is 34.1 Å². The molecule has 7 heteroatoms. The third kappa shape index (κ3) is 3.46. The third-order valence-corrected chi connectivity index (χ3v) is 6.05. The average molecular weight is 454 g/mol. The number of amidine groups is 1. The number of β-amino-alcohol motifs (C(OH)–C–C–N with tert-alkyl or cyclic N) is 1. The molecule has 0 bridgehead atoms. The molecular weight excluding hydrogens is 433 g/mol. The number of hydrogen-bond donors (Lipinski definition) is 1. The van der Waals surface area contributed by atoms with E-state index >= 15 is 0 Å². The summed E-state index contributed by atoms with van der Waals surface area (Å²) in [6.07, 6.45) is -0.732. The molecule has 0 spiro atoms. The monoisotopic (exact) mass is 453 g/mol. The highest BCUT2D eigenvalue weighted by molar-refractivity contribution is 9.10. The van der Waals surface area contributed by atoms with E-state index in [0.29, 0.717) is 12.2 Å². The lowest BCUT2D eigenvalue weighted by molar-refractivity contribution is -0.658. The third-order valence-electron chi connectivity index (χ3n) is 5.52. The maximum atomic E-state index is 13.2. The minimum Gasteiger partial charge on any atom is -0.346 e. The van der Waals surface area contributed by atoms with E-state index in [0.717, 1.165) is 47.6 Å². The lowest BCUT2D eigenvalue weighted by Crippen LogP contribution is -2.41. The van der Waals surface area contributed by atoms with Crippen LogP contribution in [0.4, 0.5) is 18.9 Å². The molecule has 1 atom stereocenters. The van der Waals surface area contributed by atoms with Crippen molar-refractivity contribution in [1.29, 1.82) is 0 Å². The zero-order valence-electron chi connectivity index (χ0n) is 15.2. The Kier molecular flexibility index (Phi) is 5.00. The zero-order valence-corrected chi connectivity index (χ0v) is 16.8. The molecule has 2 aliphatic rings. The molecule has 2 aliphatic heterocycles. The number of halogens is 4. The van der Waals surface area contributed by atoms with Crippen LogP contribution in [-0.4, -0.2) is 28.6 Å². The Bertz CT molecular complexity index is 911. The summed E-state index contributed by atoms with van der Waals surface area (Å²) in [5, 5.41) is 11.7. The molecule has 0 aromatic heterocycles. The van der Waals surface area contributed by atoms with Crippen molar-refractivity contribution in [1.82, 2.24) is 0 Å². The molecule has 0 fully saturated rings. The first-order chi connectivity index (χ1) is 13.3. The summed E-state index contributed by atoms with van der Waals surface area (Å²) < 4.78 is 42.5. The van der Waals surface area contributed by atoms with Crippen LogP contribution in [0.3, 0.4) is 0 Å². The van der Waals surface area contributed by atoms with E-state index in [2.05, 4.69) is 15.9 Å². The summed E-state index contributed by atoms with van der Waals surface area (Å²) in [5.74, 6) is 0.891. The highest BCUT2D eigenvalue weighted by Crippen LogP contribution is 2.38. The SMILES string of the molecule is O[C@]1(c2ccc(Br)cc2)CN(c2cccc(C(F)(F)F)c2)C2=[N+]1CCCCC2. The Hall–Kier alpha value is -1.86. The highest BCUT2D eigenvalue weighted by atomic mass is 79.9. The molecule has 3 nitrogen and oxygen atoms in total. The Morgan fingerprint density at radius 3 is 2.50 bits per heavy atom. The smallest absolute Gasteiger partial charge is 0.346 e. The number of nitrogens with zero attached hydrogens (tertiary/aromatic N) is 2. The number of aliphatic hydroxyl groups is 1. The molecular formula is C21H21BrF3N2O+. The molecule has 4 rings (SSSR count). The van der Waals surface area contributed by atoms with Crippen molar-refractivity contribution in [3.8, 4) is 0 Å². The second-order valence-electron chi connectivity index (χ2n) is 7.34. The van der Waals surface area contributed by atoms with Gasteiger partial charge in [-0.25, -0.2) is 9.48 Å². The maximum Gasteiger partial charge on any atom is 0.416 e. The van der Waals surface area contributed by atoms with Gasteiger partial charge in [0.2, 0.25) is 0 Å². The Morgan fingerprint density at radius 2 is 1.79 bits per heavy atom. The van der Waals surface area contributed by atoms with Crippen LogP contribution in [0.2, 0.25) is 0 Å². The van der Waals surface area contributed by atoms with Gasteiger partial charge in [0.1, 0.15) is 5.69 Å². The Balaban J connectivity index is 1.80. The fourth-order valence-electron chi connectivity index (χ4n) is 4.12. The minimum atomic E-state index is -4.40. The van der Waals surface area contributed by atoms with E-state index in [1.165, 1.54) is 12.1 Å². The van der Waals surface area contributed by atoms with Crippen molar-refractivity contribution in [3.05, 3.63) is 64.1 Å². The first-order valence-electron chi connectivity index (χ1n) is 9.36. The average Bonchev–Trinajstić information content (AvgIpc) is 2.82. The van der Waals surface area contributed by atoms with Crippen LogP contribution < -0.4 is 4.90 Å². The summed E-state index contributed by atoms with van der Waals surface area (Å²) in [7, 11) is 0. The van der Waals surface area contributed by atoms with Crippen molar-refractivity contribution in [2.75, 3.05) is 18.0 Å². The normalized spacial score (nSPS) is 23.0. The molecule has 0 aliphatic carbocycles. The molecule has 0 saturated carbocycles. The quantitative estimate of drug-likeness (QED) is 0.638. The summed E-state index contributed by atoms with van der Waals surface area (Å²) in [6, 6.07) is 12.8. The van der Waals surface area contributed by atoms with Crippen molar-refractivity contribution in [2.24, 2.45) is 0 Å².